The van der Waals surface area contributed by atoms with E-state index in [1.54, 1.807) is 4.90 Å². The van der Waals surface area contributed by atoms with Crippen molar-refractivity contribution in [3.8, 4) is 0 Å². The van der Waals surface area contributed by atoms with E-state index in [1.165, 1.54) is 25.1 Å². The zero-order valence-electron chi connectivity index (χ0n) is 16.5. The SMILES string of the molecule is CCN(CC)S(=O)(=O)N1CCN(C(=O)c2ccc3c4c(cccc24)CC3)CC1. The normalized spacial score (nSPS) is 17.6. The summed E-state index contributed by atoms with van der Waals surface area (Å²) in [5, 5.41) is 2.26. The number of carbonyl (C=O) groups is 1. The van der Waals surface area contributed by atoms with Crippen molar-refractivity contribution < 1.29 is 13.2 Å². The van der Waals surface area contributed by atoms with Gasteiger partial charge in [-0.05, 0) is 40.8 Å². The molecule has 150 valence electrons. The summed E-state index contributed by atoms with van der Waals surface area (Å²) in [4.78, 5) is 15.0. The molecule has 1 fully saturated rings. The Kier molecular flexibility index (Phi) is 5.16. The Morgan fingerprint density at radius 2 is 1.61 bits per heavy atom. The second-order valence-corrected chi connectivity index (χ2v) is 9.32. The van der Waals surface area contributed by atoms with Crippen LogP contribution in [0.3, 0.4) is 0 Å². The number of amides is 1. The van der Waals surface area contributed by atoms with Gasteiger partial charge in [0.15, 0.2) is 0 Å². The van der Waals surface area contributed by atoms with Gasteiger partial charge in [0, 0.05) is 44.8 Å². The van der Waals surface area contributed by atoms with Crippen molar-refractivity contribution in [1.29, 1.82) is 0 Å². The second kappa shape index (κ2) is 7.46. The Bertz CT molecular complexity index is 997. The molecule has 0 spiro atoms. The molecule has 0 atom stereocenters. The Morgan fingerprint density at radius 3 is 2.25 bits per heavy atom. The van der Waals surface area contributed by atoms with Gasteiger partial charge in [-0.25, -0.2) is 0 Å². The first kappa shape index (κ1) is 19.4. The number of benzene rings is 2. The molecule has 0 unspecified atom stereocenters. The minimum absolute atomic E-state index is 0.00418. The van der Waals surface area contributed by atoms with Crippen LogP contribution in [-0.4, -0.2) is 67.1 Å². The number of nitrogens with zero attached hydrogens (tertiary/aromatic N) is 3. The molecule has 6 nitrogen and oxygen atoms in total. The molecule has 0 bridgehead atoms. The summed E-state index contributed by atoms with van der Waals surface area (Å²) in [6, 6.07) is 10.2. The number of piperazine rings is 1. The van der Waals surface area contributed by atoms with Crippen LogP contribution >= 0.6 is 0 Å². The van der Waals surface area contributed by atoms with Crippen LogP contribution in [0.4, 0.5) is 0 Å². The molecule has 2 aromatic rings. The van der Waals surface area contributed by atoms with Crippen LogP contribution < -0.4 is 0 Å². The van der Waals surface area contributed by atoms with Crippen LogP contribution in [0.2, 0.25) is 0 Å². The second-order valence-electron chi connectivity index (χ2n) is 7.40. The van der Waals surface area contributed by atoms with Crippen LogP contribution in [0.1, 0.15) is 35.3 Å². The van der Waals surface area contributed by atoms with Gasteiger partial charge in [-0.1, -0.05) is 38.1 Å². The van der Waals surface area contributed by atoms with Crippen molar-refractivity contribution in [2.24, 2.45) is 0 Å². The van der Waals surface area contributed by atoms with Crippen molar-refractivity contribution in [1.82, 2.24) is 13.5 Å². The minimum atomic E-state index is -3.45. The average Bonchev–Trinajstić information content (AvgIpc) is 3.14. The highest BCUT2D eigenvalue weighted by atomic mass is 32.2. The summed E-state index contributed by atoms with van der Waals surface area (Å²) in [6.45, 7) is 6.12. The van der Waals surface area contributed by atoms with E-state index in [1.807, 2.05) is 32.0 Å². The van der Waals surface area contributed by atoms with E-state index in [2.05, 4.69) is 12.1 Å². The van der Waals surface area contributed by atoms with E-state index in [9.17, 15) is 13.2 Å². The van der Waals surface area contributed by atoms with Gasteiger partial charge in [-0.2, -0.15) is 17.0 Å². The molecule has 0 radical (unpaired) electrons. The van der Waals surface area contributed by atoms with Crippen molar-refractivity contribution >= 4 is 26.9 Å². The number of carbonyl (C=O) groups excluding carboxylic acids is 1. The third-order valence-electron chi connectivity index (χ3n) is 5.99. The largest absolute Gasteiger partial charge is 0.336 e. The predicted molar refractivity (Wildman–Crippen MR) is 111 cm³/mol. The van der Waals surface area contributed by atoms with Crippen molar-refractivity contribution in [3.05, 3.63) is 47.0 Å². The van der Waals surface area contributed by atoms with E-state index < -0.39 is 10.2 Å². The molecule has 1 heterocycles. The van der Waals surface area contributed by atoms with Gasteiger partial charge in [0.25, 0.3) is 16.1 Å². The molecule has 1 aliphatic carbocycles. The fraction of sp³-hybridized carbons (Fsp3) is 0.476. The fourth-order valence-corrected chi connectivity index (χ4v) is 6.04. The fourth-order valence-electron chi connectivity index (χ4n) is 4.44. The maximum absolute atomic E-state index is 13.2. The first-order valence-corrected chi connectivity index (χ1v) is 11.4. The van der Waals surface area contributed by atoms with E-state index in [0.717, 1.165) is 23.8 Å². The van der Waals surface area contributed by atoms with Crippen molar-refractivity contribution in [3.63, 3.8) is 0 Å². The third-order valence-corrected chi connectivity index (χ3v) is 8.18. The van der Waals surface area contributed by atoms with E-state index in [4.69, 9.17) is 0 Å². The predicted octanol–water partition coefficient (Wildman–Crippen LogP) is 2.28. The first-order chi connectivity index (χ1) is 13.5. The van der Waals surface area contributed by atoms with Gasteiger partial charge in [0.05, 0.1) is 0 Å². The zero-order valence-corrected chi connectivity index (χ0v) is 17.3. The standard InChI is InChI=1S/C21H27N3O3S/c1-3-23(4-2)28(26,27)24-14-12-22(13-15-24)21(25)19-11-10-17-9-8-16-6-5-7-18(19)20(16)17/h5-7,10-11H,3-4,8-9,12-15H2,1-2H3. The molecule has 0 saturated carbocycles. The number of aryl methyl sites for hydroxylation is 2. The molecule has 1 saturated heterocycles. The molecule has 7 heteroatoms. The van der Waals surface area contributed by atoms with Crippen LogP contribution in [0.15, 0.2) is 30.3 Å². The average molecular weight is 402 g/mol. The lowest BCUT2D eigenvalue weighted by Gasteiger charge is -2.36. The Hall–Kier alpha value is -1.96. The Labute approximate surface area is 166 Å². The van der Waals surface area contributed by atoms with Crippen LogP contribution in [0.25, 0.3) is 10.8 Å². The number of hydrogen-bond donors (Lipinski definition) is 0. The van der Waals surface area contributed by atoms with Gasteiger partial charge in [0.1, 0.15) is 0 Å². The van der Waals surface area contributed by atoms with Crippen molar-refractivity contribution in [2.45, 2.75) is 26.7 Å². The molecule has 0 aromatic heterocycles. The topological polar surface area (TPSA) is 60.9 Å². The molecule has 4 rings (SSSR count). The van der Waals surface area contributed by atoms with E-state index in [0.29, 0.717) is 39.3 Å². The molecule has 28 heavy (non-hydrogen) atoms. The molecule has 1 aliphatic heterocycles. The first-order valence-electron chi connectivity index (χ1n) is 10.0. The maximum atomic E-state index is 13.2. The molecular weight excluding hydrogens is 374 g/mol. The van der Waals surface area contributed by atoms with Gasteiger partial charge in [-0.15, -0.1) is 0 Å². The highest BCUT2D eigenvalue weighted by Crippen LogP contribution is 2.33. The molecule has 2 aliphatic rings. The van der Waals surface area contributed by atoms with E-state index in [-0.39, 0.29) is 5.91 Å². The quantitative estimate of drug-likeness (QED) is 0.772. The zero-order chi connectivity index (χ0) is 19.9. The lowest BCUT2D eigenvalue weighted by atomic mass is 9.99. The molecule has 0 N–H and O–H groups in total. The van der Waals surface area contributed by atoms with E-state index >= 15 is 0 Å². The summed E-state index contributed by atoms with van der Waals surface area (Å²) in [6.07, 6.45) is 2.07. The van der Waals surface area contributed by atoms with Gasteiger partial charge >= 0.3 is 0 Å². The van der Waals surface area contributed by atoms with Crippen LogP contribution in [0, 0.1) is 0 Å². The Balaban J connectivity index is 1.54. The summed E-state index contributed by atoms with van der Waals surface area (Å²) >= 11 is 0. The van der Waals surface area contributed by atoms with Gasteiger partial charge in [-0.3, -0.25) is 4.79 Å². The number of hydrogen-bond acceptors (Lipinski definition) is 3. The minimum Gasteiger partial charge on any atom is -0.336 e. The smallest absolute Gasteiger partial charge is 0.282 e. The summed E-state index contributed by atoms with van der Waals surface area (Å²) < 4.78 is 28.4. The summed E-state index contributed by atoms with van der Waals surface area (Å²) in [5.74, 6) is -0.00418. The van der Waals surface area contributed by atoms with Crippen LogP contribution in [-0.2, 0) is 23.1 Å². The number of rotatable bonds is 5. The van der Waals surface area contributed by atoms with Crippen LogP contribution in [0.5, 0.6) is 0 Å². The van der Waals surface area contributed by atoms with Crippen molar-refractivity contribution in [2.75, 3.05) is 39.3 Å². The van der Waals surface area contributed by atoms with Gasteiger partial charge < -0.3 is 4.90 Å². The molecule has 2 aromatic carbocycles. The monoisotopic (exact) mass is 401 g/mol. The van der Waals surface area contributed by atoms with Gasteiger partial charge in [0.2, 0.25) is 0 Å². The summed E-state index contributed by atoms with van der Waals surface area (Å²) in [5.41, 5.74) is 3.36. The molecule has 1 amide bonds. The lowest BCUT2D eigenvalue weighted by molar-refractivity contribution is 0.0696. The maximum Gasteiger partial charge on any atom is 0.282 e. The Morgan fingerprint density at radius 1 is 0.964 bits per heavy atom. The summed E-state index contributed by atoms with van der Waals surface area (Å²) in [7, 11) is -3.45. The highest BCUT2D eigenvalue weighted by Gasteiger charge is 2.32. The lowest BCUT2D eigenvalue weighted by Crippen LogP contribution is -2.54. The molecular formula is C21H27N3O3S. The third kappa shape index (κ3) is 3.11. The highest BCUT2D eigenvalue weighted by molar-refractivity contribution is 7.86.